The Balaban J connectivity index is 1.55. The summed E-state index contributed by atoms with van der Waals surface area (Å²) in [4.78, 5) is 0. The average Bonchev–Trinajstić information content (AvgIpc) is 2.63. The Kier molecular flexibility index (Phi) is 6.55. The van der Waals surface area contributed by atoms with Crippen LogP contribution in [0, 0.1) is 23.6 Å². The van der Waals surface area contributed by atoms with Crippen molar-refractivity contribution < 1.29 is 40.6 Å². The van der Waals surface area contributed by atoms with Gasteiger partial charge in [-0.3, -0.25) is 0 Å². The van der Waals surface area contributed by atoms with Gasteiger partial charge in [0.05, 0.1) is 12.0 Å². The molecule has 1 heterocycles. The summed E-state index contributed by atoms with van der Waals surface area (Å²) in [6.07, 6.45) is -4.84. The molecule has 1 aromatic carbocycles. The summed E-state index contributed by atoms with van der Waals surface area (Å²) in [5.41, 5.74) is 0. The molecule has 1 aliphatic carbocycles. The van der Waals surface area contributed by atoms with Crippen molar-refractivity contribution in [2.24, 2.45) is 17.8 Å². The van der Waals surface area contributed by atoms with Gasteiger partial charge in [0.15, 0.2) is 11.6 Å². The van der Waals surface area contributed by atoms with E-state index in [4.69, 9.17) is 4.74 Å². The first kappa shape index (κ1) is 22.1. The predicted molar refractivity (Wildman–Crippen MR) is 92.2 cm³/mol. The SMILES string of the molecule is CC1CCC(C2CCC(C(F)(F)Oc3ccc(OC(F)(F)F)c(F)c3)CC2)OC1. The molecule has 0 N–H and O–H groups in total. The molecule has 1 aromatic rings. The largest absolute Gasteiger partial charge is 0.573 e. The lowest BCUT2D eigenvalue weighted by molar-refractivity contribution is -0.275. The zero-order chi connectivity index (χ0) is 21.2. The van der Waals surface area contributed by atoms with Gasteiger partial charge in [0, 0.05) is 12.7 Å². The molecule has 9 heteroatoms. The van der Waals surface area contributed by atoms with Crippen LogP contribution < -0.4 is 9.47 Å². The van der Waals surface area contributed by atoms with Crippen molar-refractivity contribution in [1.29, 1.82) is 0 Å². The Hall–Kier alpha value is -1.64. The number of alkyl halides is 5. The Morgan fingerprint density at radius 3 is 2.17 bits per heavy atom. The zero-order valence-electron chi connectivity index (χ0n) is 16.0. The lowest BCUT2D eigenvalue weighted by Gasteiger charge is -2.38. The second-order valence-corrected chi connectivity index (χ2v) is 7.97. The summed E-state index contributed by atoms with van der Waals surface area (Å²) in [6.45, 7) is 2.82. The van der Waals surface area contributed by atoms with Gasteiger partial charge in [-0.1, -0.05) is 6.92 Å². The molecule has 1 saturated carbocycles. The van der Waals surface area contributed by atoms with E-state index in [1.54, 1.807) is 0 Å². The second kappa shape index (κ2) is 8.62. The Labute approximate surface area is 165 Å². The molecule has 0 bridgehead atoms. The third-order valence-electron chi connectivity index (χ3n) is 5.69. The molecule has 3 nitrogen and oxygen atoms in total. The summed E-state index contributed by atoms with van der Waals surface area (Å²) in [5, 5.41) is 0. The summed E-state index contributed by atoms with van der Waals surface area (Å²) < 4.78 is 93.3. The van der Waals surface area contributed by atoms with E-state index in [1.807, 2.05) is 0 Å². The number of ether oxygens (including phenoxy) is 3. The standard InChI is InChI=1S/C20H24F6O3/c1-12-2-8-17(27-11-12)13-3-5-14(6-4-13)19(22,23)28-15-7-9-18(16(21)10-15)29-20(24,25)26/h7,9-10,12-14,17H,2-6,8,11H2,1H3. The molecular weight excluding hydrogens is 402 g/mol. The van der Waals surface area contributed by atoms with Crippen LogP contribution in [0.15, 0.2) is 18.2 Å². The normalized spacial score (nSPS) is 28.8. The number of rotatable bonds is 5. The van der Waals surface area contributed by atoms with Crippen LogP contribution >= 0.6 is 0 Å². The maximum Gasteiger partial charge on any atom is 0.573 e. The molecule has 2 aliphatic rings. The zero-order valence-corrected chi connectivity index (χ0v) is 16.0. The molecule has 2 unspecified atom stereocenters. The first-order valence-electron chi connectivity index (χ1n) is 9.77. The number of hydrogen-bond acceptors (Lipinski definition) is 3. The minimum absolute atomic E-state index is 0.108. The maximum atomic E-state index is 14.5. The molecule has 0 amide bonds. The first-order valence-corrected chi connectivity index (χ1v) is 9.77. The van der Waals surface area contributed by atoms with Crippen molar-refractivity contribution in [1.82, 2.24) is 0 Å². The highest BCUT2D eigenvalue weighted by Gasteiger charge is 2.45. The van der Waals surface area contributed by atoms with Crippen LogP contribution in [0.2, 0.25) is 0 Å². The Morgan fingerprint density at radius 2 is 1.62 bits per heavy atom. The summed E-state index contributed by atoms with van der Waals surface area (Å²) in [7, 11) is 0. The lowest BCUT2D eigenvalue weighted by Crippen LogP contribution is -2.40. The lowest BCUT2D eigenvalue weighted by atomic mass is 9.77. The maximum absolute atomic E-state index is 14.5. The molecule has 29 heavy (non-hydrogen) atoms. The fraction of sp³-hybridized carbons (Fsp3) is 0.700. The Morgan fingerprint density at radius 1 is 0.931 bits per heavy atom. The van der Waals surface area contributed by atoms with Gasteiger partial charge in [0.25, 0.3) is 0 Å². The molecular formula is C20H24F6O3. The van der Waals surface area contributed by atoms with Crippen molar-refractivity contribution in [3.63, 3.8) is 0 Å². The smallest absolute Gasteiger partial charge is 0.432 e. The average molecular weight is 426 g/mol. The van der Waals surface area contributed by atoms with Crippen molar-refractivity contribution in [3.05, 3.63) is 24.0 Å². The van der Waals surface area contributed by atoms with Crippen LogP contribution in [0.25, 0.3) is 0 Å². The third-order valence-corrected chi connectivity index (χ3v) is 5.69. The second-order valence-electron chi connectivity index (χ2n) is 7.97. The fourth-order valence-corrected chi connectivity index (χ4v) is 4.10. The van der Waals surface area contributed by atoms with Gasteiger partial charge in [-0.25, -0.2) is 4.39 Å². The first-order chi connectivity index (χ1) is 13.5. The van der Waals surface area contributed by atoms with Gasteiger partial charge in [0.1, 0.15) is 5.75 Å². The summed E-state index contributed by atoms with van der Waals surface area (Å²) in [6, 6.07) is 1.92. The van der Waals surface area contributed by atoms with Gasteiger partial charge in [-0.2, -0.15) is 8.78 Å². The van der Waals surface area contributed by atoms with E-state index in [9.17, 15) is 26.3 Å². The molecule has 1 saturated heterocycles. The topological polar surface area (TPSA) is 27.7 Å². The highest BCUT2D eigenvalue weighted by molar-refractivity contribution is 5.33. The Bertz CT molecular complexity index is 677. The predicted octanol–water partition coefficient (Wildman–Crippen LogP) is 6.32. The number of hydrogen-bond donors (Lipinski definition) is 0. The van der Waals surface area contributed by atoms with Crippen molar-refractivity contribution in [2.75, 3.05) is 6.61 Å². The molecule has 0 spiro atoms. The number of halogens is 6. The van der Waals surface area contributed by atoms with E-state index in [1.165, 1.54) is 0 Å². The van der Waals surface area contributed by atoms with Crippen molar-refractivity contribution >= 4 is 0 Å². The van der Waals surface area contributed by atoms with Gasteiger partial charge in [-0.05, 0) is 62.5 Å². The third kappa shape index (κ3) is 5.93. The number of benzene rings is 1. The summed E-state index contributed by atoms with van der Waals surface area (Å²) >= 11 is 0. The molecule has 2 atom stereocenters. The monoisotopic (exact) mass is 426 g/mol. The molecule has 3 rings (SSSR count). The van der Waals surface area contributed by atoms with Crippen molar-refractivity contribution in [2.45, 2.75) is 64.0 Å². The van der Waals surface area contributed by atoms with Gasteiger partial charge in [-0.15, -0.1) is 13.2 Å². The van der Waals surface area contributed by atoms with Crippen LogP contribution in [0.4, 0.5) is 26.3 Å². The van der Waals surface area contributed by atoms with E-state index < -0.39 is 35.7 Å². The van der Waals surface area contributed by atoms with Gasteiger partial charge >= 0.3 is 12.5 Å². The molecule has 2 fully saturated rings. The van der Waals surface area contributed by atoms with E-state index in [2.05, 4.69) is 16.4 Å². The minimum Gasteiger partial charge on any atom is -0.432 e. The van der Waals surface area contributed by atoms with Gasteiger partial charge in [0.2, 0.25) is 0 Å². The molecule has 164 valence electrons. The van der Waals surface area contributed by atoms with Crippen LogP contribution in [0.5, 0.6) is 11.5 Å². The van der Waals surface area contributed by atoms with E-state index in [0.29, 0.717) is 37.5 Å². The van der Waals surface area contributed by atoms with Crippen LogP contribution in [-0.4, -0.2) is 25.2 Å². The minimum atomic E-state index is -5.08. The van der Waals surface area contributed by atoms with E-state index in [0.717, 1.165) is 18.9 Å². The quantitative estimate of drug-likeness (QED) is 0.516. The van der Waals surface area contributed by atoms with Crippen LogP contribution in [-0.2, 0) is 4.74 Å². The summed E-state index contributed by atoms with van der Waals surface area (Å²) in [5.74, 6) is -3.36. The highest BCUT2D eigenvalue weighted by atomic mass is 19.4. The van der Waals surface area contributed by atoms with E-state index >= 15 is 0 Å². The highest BCUT2D eigenvalue weighted by Crippen LogP contribution is 2.43. The van der Waals surface area contributed by atoms with Crippen molar-refractivity contribution in [3.8, 4) is 11.5 Å². The fourth-order valence-electron chi connectivity index (χ4n) is 4.10. The van der Waals surface area contributed by atoms with E-state index in [-0.39, 0.29) is 24.9 Å². The van der Waals surface area contributed by atoms with Gasteiger partial charge < -0.3 is 14.2 Å². The van der Waals surface area contributed by atoms with Crippen LogP contribution in [0.3, 0.4) is 0 Å². The molecule has 1 aliphatic heterocycles. The molecule has 0 radical (unpaired) electrons. The van der Waals surface area contributed by atoms with Crippen LogP contribution in [0.1, 0.15) is 45.4 Å². The molecule has 0 aromatic heterocycles.